The van der Waals surface area contributed by atoms with E-state index in [2.05, 4.69) is 119 Å². The van der Waals surface area contributed by atoms with Crippen molar-refractivity contribution in [1.29, 1.82) is 0 Å². The predicted octanol–water partition coefficient (Wildman–Crippen LogP) is 10.7. The van der Waals surface area contributed by atoms with Crippen LogP contribution in [0.25, 0.3) is 6.08 Å². The molecule has 2 aromatic carbocycles. The van der Waals surface area contributed by atoms with Crippen molar-refractivity contribution in [3.05, 3.63) is 78.5 Å². The molecule has 1 aliphatic carbocycles. The normalized spacial score (nSPS) is 16.7. The van der Waals surface area contributed by atoms with Crippen molar-refractivity contribution in [3.63, 3.8) is 0 Å². The molecule has 224 valence electrons. The molecule has 2 aromatic rings. The molecule has 1 atom stereocenters. The van der Waals surface area contributed by atoms with Gasteiger partial charge >= 0.3 is 0 Å². The summed E-state index contributed by atoms with van der Waals surface area (Å²) in [6.45, 7) is 21.8. The Morgan fingerprint density at radius 2 is 1.55 bits per heavy atom. The molecule has 0 aromatic heterocycles. The Morgan fingerprint density at radius 1 is 0.950 bits per heavy atom. The van der Waals surface area contributed by atoms with Gasteiger partial charge in [0.25, 0.3) is 0 Å². The summed E-state index contributed by atoms with van der Waals surface area (Å²) in [6.07, 6.45) is 17.5. The lowest BCUT2D eigenvalue weighted by molar-refractivity contribution is 0.331. The van der Waals surface area contributed by atoms with E-state index < -0.39 is 0 Å². The van der Waals surface area contributed by atoms with Crippen molar-refractivity contribution < 1.29 is 0 Å². The van der Waals surface area contributed by atoms with Gasteiger partial charge < -0.3 is 10.2 Å². The topological polar surface area (TPSA) is 27.3 Å². The average molecular weight is 566 g/mol. The number of nitrogens with one attached hydrogen (secondary N) is 2. The molecule has 2 fully saturated rings. The van der Waals surface area contributed by atoms with Gasteiger partial charge in [-0.3, -0.25) is 4.72 Å². The van der Waals surface area contributed by atoms with Gasteiger partial charge in [0, 0.05) is 22.2 Å². The number of aryl methyl sites for hydroxylation is 2. The van der Waals surface area contributed by atoms with Crippen LogP contribution in [0, 0.1) is 6.92 Å². The van der Waals surface area contributed by atoms with Crippen molar-refractivity contribution in [2.45, 2.75) is 122 Å². The molecule has 0 radical (unpaired) electrons. The summed E-state index contributed by atoms with van der Waals surface area (Å²) >= 11 is 1.73. The molecule has 4 heteroatoms. The number of hydrogen-bond acceptors (Lipinski definition) is 4. The average Bonchev–Trinajstić information content (AvgIpc) is 3.36. The fourth-order valence-electron chi connectivity index (χ4n) is 4.27. The molecule has 4 rings (SSSR count). The lowest BCUT2D eigenvalue weighted by atomic mass is 10.0. The fourth-order valence-corrected chi connectivity index (χ4v) is 5.27. The molecule has 2 aliphatic rings. The number of rotatable bonds is 8. The zero-order valence-electron chi connectivity index (χ0n) is 26.8. The van der Waals surface area contributed by atoms with E-state index in [-0.39, 0.29) is 5.54 Å². The first-order valence-corrected chi connectivity index (χ1v) is 16.3. The maximum absolute atomic E-state index is 3.68. The number of benzene rings is 2. The lowest BCUT2D eigenvalue weighted by Crippen LogP contribution is -2.33. The molecule has 0 bridgehead atoms. The highest BCUT2D eigenvalue weighted by Gasteiger charge is 2.15. The number of likely N-dealkylation sites (tertiary alicyclic amines) is 1. The highest BCUT2D eigenvalue weighted by Crippen LogP contribution is 2.27. The summed E-state index contributed by atoms with van der Waals surface area (Å²) in [5, 5.41) is 3.13. The van der Waals surface area contributed by atoms with Gasteiger partial charge in [0.05, 0.1) is 0 Å². The monoisotopic (exact) mass is 565 g/mol. The lowest BCUT2D eigenvalue weighted by Gasteiger charge is -2.24. The summed E-state index contributed by atoms with van der Waals surface area (Å²) in [4.78, 5) is 3.70. The molecule has 1 unspecified atom stereocenters. The second-order valence-corrected chi connectivity index (χ2v) is 12.5. The molecular formula is C36H59N3S. The molecule has 0 spiro atoms. The molecule has 1 saturated carbocycles. The van der Waals surface area contributed by atoms with Gasteiger partial charge in [-0.15, -0.1) is 0 Å². The van der Waals surface area contributed by atoms with Gasteiger partial charge in [-0.25, -0.2) is 0 Å². The Balaban J connectivity index is 0.000000299. The third kappa shape index (κ3) is 15.7. The number of hydrogen-bond donors (Lipinski definition) is 2. The highest BCUT2D eigenvalue weighted by molar-refractivity contribution is 7.97. The highest BCUT2D eigenvalue weighted by atomic mass is 32.2. The van der Waals surface area contributed by atoms with Crippen LogP contribution >= 0.6 is 11.9 Å². The van der Waals surface area contributed by atoms with E-state index in [1.807, 2.05) is 6.08 Å². The van der Waals surface area contributed by atoms with E-state index in [9.17, 15) is 0 Å². The summed E-state index contributed by atoms with van der Waals surface area (Å²) in [5.41, 5.74) is 5.08. The minimum Gasteiger partial charge on any atom is -0.362 e. The Hall–Kier alpha value is -2.01. The Kier molecular flexibility index (Phi) is 18.7. The molecule has 0 amide bonds. The van der Waals surface area contributed by atoms with Gasteiger partial charge in [-0.05, 0) is 114 Å². The van der Waals surface area contributed by atoms with Crippen LogP contribution in [0.2, 0.25) is 0 Å². The SMILES string of the molecule is C1CCCCC1.C=CNc1ccc(SNC(C)(C)CC)c(CC)c1.C=Cc1ccc(C)cc1.CC1CCCN1C. The van der Waals surface area contributed by atoms with Crippen molar-refractivity contribution in [3.8, 4) is 0 Å². The summed E-state index contributed by atoms with van der Waals surface area (Å²) < 4.78 is 3.53. The largest absolute Gasteiger partial charge is 0.362 e. The van der Waals surface area contributed by atoms with Crippen LogP contribution in [-0.4, -0.2) is 30.1 Å². The zero-order valence-corrected chi connectivity index (χ0v) is 27.6. The Bertz CT molecular complexity index is 928. The van der Waals surface area contributed by atoms with Gasteiger partial charge in [0.15, 0.2) is 0 Å². The first-order valence-electron chi connectivity index (χ1n) is 15.5. The van der Waals surface area contributed by atoms with Gasteiger partial charge in [-0.1, -0.05) is 101 Å². The second kappa shape index (κ2) is 20.8. The third-order valence-corrected chi connectivity index (χ3v) is 9.00. The molecule has 3 nitrogen and oxygen atoms in total. The van der Waals surface area contributed by atoms with Crippen LogP contribution in [0.15, 0.2) is 66.7 Å². The van der Waals surface area contributed by atoms with Gasteiger partial charge in [0.1, 0.15) is 0 Å². The fraction of sp³-hybridized carbons (Fsp3) is 0.556. The molecule has 1 heterocycles. The smallest absolute Gasteiger partial charge is 0.0383 e. The molecule has 1 aliphatic heterocycles. The van der Waals surface area contributed by atoms with Gasteiger partial charge in [0.2, 0.25) is 0 Å². The molecule has 2 N–H and O–H groups in total. The first-order chi connectivity index (χ1) is 19.1. The van der Waals surface area contributed by atoms with Crippen LogP contribution in [0.3, 0.4) is 0 Å². The summed E-state index contributed by atoms with van der Waals surface area (Å²) in [6, 6.07) is 15.6. The van der Waals surface area contributed by atoms with E-state index in [0.29, 0.717) is 0 Å². The van der Waals surface area contributed by atoms with E-state index in [0.717, 1.165) is 24.6 Å². The van der Waals surface area contributed by atoms with Crippen LogP contribution in [0.5, 0.6) is 0 Å². The Morgan fingerprint density at radius 3 is 1.95 bits per heavy atom. The minimum atomic E-state index is 0.160. The van der Waals surface area contributed by atoms with Crippen molar-refractivity contribution in [2.24, 2.45) is 0 Å². The van der Waals surface area contributed by atoms with Crippen molar-refractivity contribution in [1.82, 2.24) is 9.62 Å². The number of nitrogens with zero attached hydrogens (tertiary/aromatic N) is 1. The van der Waals surface area contributed by atoms with E-state index in [1.165, 1.54) is 79.5 Å². The number of anilines is 1. The predicted molar refractivity (Wildman–Crippen MR) is 183 cm³/mol. The Labute approximate surface area is 252 Å². The quantitative estimate of drug-likeness (QED) is 0.311. The minimum absolute atomic E-state index is 0.160. The van der Waals surface area contributed by atoms with Crippen LogP contribution in [-0.2, 0) is 6.42 Å². The zero-order chi connectivity index (χ0) is 29.8. The van der Waals surface area contributed by atoms with Crippen LogP contribution in [0.4, 0.5) is 5.69 Å². The first kappa shape index (κ1) is 36.0. The van der Waals surface area contributed by atoms with Crippen LogP contribution < -0.4 is 10.0 Å². The summed E-state index contributed by atoms with van der Waals surface area (Å²) in [7, 11) is 2.19. The van der Waals surface area contributed by atoms with E-state index >= 15 is 0 Å². The maximum atomic E-state index is 3.68. The van der Waals surface area contributed by atoms with E-state index in [4.69, 9.17) is 0 Å². The van der Waals surface area contributed by atoms with E-state index in [1.54, 1.807) is 18.1 Å². The van der Waals surface area contributed by atoms with Crippen molar-refractivity contribution in [2.75, 3.05) is 18.9 Å². The maximum Gasteiger partial charge on any atom is 0.0383 e. The molecular weight excluding hydrogens is 506 g/mol. The van der Waals surface area contributed by atoms with Crippen LogP contribution in [0.1, 0.15) is 109 Å². The van der Waals surface area contributed by atoms with Gasteiger partial charge in [-0.2, -0.15) is 0 Å². The molecule has 40 heavy (non-hydrogen) atoms. The third-order valence-electron chi connectivity index (χ3n) is 7.73. The second-order valence-electron chi connectivity index (χ2n) is 11.7. The standard InChI is InChI=1S/C15H24N2S.C9H10.C6H13N.C6H12/c1-6-12-11-13(16-8-3)9-10-14(12)18-17-15(4,5)7-2;1-3-9-6-4-8(2)5-7-9;1-6-4-3-5-7(6)2;1-2-4-6-5-3-1/h8-11,16-17H,3,6-7H2,1-2,4-5H3;3-7H,1H2,2H3;6H,3-5H2,1-2H3;1-6H2. The van der Waals surface area contributed by atoms with Crippen molar-refractivity contribution >= 4 is 23.7 Å². The molecule has 1 saturated heterocycles. The summed E-state index contributed by atoms with van der Waals surface area (Å²) in [5.74, 6) is 0.